The highest BCUT2D eigenvalue weighted by Crippen LogP contribution is 2.24. The number of hydrogen-bond donors (Lipinski definition) is 1. The van der Waals surface area contributed by atoms with Gasteiger partial charge in [0.15, 0.2) is 10.4 Å². The summed E-state index contributed by atoms with van der Waals surface area (Å²) < 4.78 is 7.97. The Balaban J connectivity index is 2.54. The molecule has 0 radical (unpaired) electrons. The lowest BCUT2D eigenvalue weighted by molar-refractivity contribution is 0.396. The highest BCUT2D eigenvalue weighted by atomic mass is 32.1. The molecule has 0 aliphatic carbocycles. The Morgan fingerprint density at radius 1 is 1.39 bits per heavy atom. The molecule has 5 heteroatoms. The van der Waals surface area contributed by atoms with E-state index in [9.17, 15) is 0 Å². The van der Waals surface area contributed by atoms with E-state index in [0.29, 0.717) is 17.8 Å². The Morgan fingerprint density at radius 3 is 2.72 bits per heavy atom. The van der Waals surface area contributed by atoms with Gasteiger partial charge in [-0.2, -0.15) is 4.98 Å². The molecule has 1 N–H and O–H groups in total. The van der Waals surface area contributed by atoms with Gasteiger partial charge < -0.3 is 9.72 Å². The second kappa shape index (κ2) is 5.10. The molecule has 0 amide bonds. The van der Waals surface area contributed by atoms with Gasteiger partial charge in [0.1, 0.15) is 0 Å². The van der Waals surface area contributed by atoms with Crippen LogP contribution >= 0.6 is 12.2 Å². The summed E-state index contributed by atoms with van der Waals surface area (Å²) in [5, 5.41) is 0. The normalized spacial score (nSPS) is 13.2. The van der Waals surface area contributed by atoms with E-state index in [1.165, 1.54) is 0 Å². The van der Waals surface area contributed by atoms with Gasteiger partial charge in [-0.3, -0.25) is 4.57 Å². The summed E-state index contributed by atoms with van der Waals surface area (Å²) in [7, 11) is 1.62. The summed E-state index contributed by atoms with van der Waals surface area (Å²) in [6.45, 7) is 6.59. The molecule has 4 nitrogen and oxygen atoms in total. The molecule has 0 saturated heterocycles. The van der Waals surface area contributed by atoms with E-state index in [1.54, 1.807) is 7.11 Å². The van der Waals surface area contributed by atoms with Crippen LogP contribution in [0.5, 0.6) is 5.88 Å². The zero-order valence-electron chi connectivity index (χ0n) is 11.2. The Labute approximate surface area is 112 Å². The van der Waals surface area contributed by atoms with Crippen molar-refractivity contribution in [3.8, 4) is 5.88 Å². The summed E-state index contributed by atoms with van der Waals surface area (Å²) in [6, 6.07) is 4.12. The second-order valence-electron chi connectivity index (χ2n) is 5.00. The zero-order valence-corrected chi connectivity index (χ0v) is 12.0. The molecule has 1 unspecified atom stereocenters. The number of methoxy groups -OCH3 is 1. The van der Waals surface area contributed by atoms with E-state index in [-0.39, 0.29) is 0 Å². The summed E-state index contributed by atoms with van der Waals surface area (Å²) in [6.07, 6.45) is 1.07. The summed E-state index contributed by atoms with van der Waals surface area (Å²) >= 11 is 5.39. The number of aromatic amines is 1. The highest BCUT2D eigenvalue weighted by Gasteiger charge is 2.14. The molecule has 0 aliphatic rings. The molecule has 2 aromatic heterocycles. The maximum absolute atomic E-state index is 5.39. The van der Waals surface area contributed by atoms with Crippen molar-refractivity contribution in [3.05, 3.63) is 16.9 Å². The minimum Gasteiger partial charge on any atom is -0.481 e. The number of nitrogens with one attached hydrogen (secondary N) is 1. The van der Waals surface area contributed by atoms with Gasteiger partial charge in [-0.1, -0.05) is 13.8 Å². The average molecular weight is 265 g/mol. The number of fused-ring (bicyclic) bond motifs is 1. The van der Waals surface area contributed by atoms with Crippen molar-refractivity contribution in [3.63, 3.8) is 0 Å². The van der Waals surface area contributed by atoms with Crippen LogP contribution in [0, 0.1) is 10.7 Å². The van der Waals surface area contributed by atoms with E-state index in [2.05, 4.69) is 35.3 Å². The molecule has 98 valence electrons. The summed E-state index contributed by atoms with van der Waals surface area (Å²) in [4.78, 5) is 7.68. The third-order valence-corrected chi connectivity index (χ3v) is 3.30. The van der Waals surface area contributed by atoms with E-state index in [0.717, 1.165) is 22.4 Å². The summed E-state index contributed by atoms with van der Waals surface area (Å²) in [5.74, 6) is 1.24. The minimum absolute atomic E-state index is 0.325. The number of imidazole rings is 1. The molecule has 0 fully saturated rings. The van der Waals surface area contributed by atoms with Gasteiger partial charge in [0.05, 0.1) is 12.6 Å². The Kier molecular flexibility index (Phi) is 3.71. The number of rotatable bonds is 4. The standard InChI is InChI=1S/C13H19N3OS/c1-8(2)7-9(3)16-12-10(14-13(16)18)5-6-11(15-12)17-4/h5-6,8-9H,7H2,1-4H3,(H,14,18). The topological polar surface area (TPSA) is 42.8 Å². The predicted octanol–water partition coefficient (Wildman–Crippen LogP) is 3.71. The van der Waals surface area contributed by atoms with Crippen LogP contribution in [0.1, 0.15) is 33.2 Å². The molecule has 0 bridgehead atoms. The fourth-order valence-corrected chi connectivity index (χ4v) is 2.67. The van der Waals surface area contributed by atoms with E-state index >= 15 is 0 Å². The Bertz CT molecular complexity index is 600. The number of hydrogen-bond acceptors (Lipinski definition) is 3. The van der Waals surface area contributed by atoms with Crippen LogP contribution in [0.4, 0.5) is 0 Å². The van der Waals surface area contributed by atoms with Crippen molar-refractivity contribution in [1.29, 1.82) is 0 Å². The quantitative estimate of drug-likeness (QED) is 0.857. The van der Waals surface area contributed by atoms with Crippen LogP contribution in [0.15, 0.2) is 12.1 Å². The molecule has 0 spiro atoms. The Morgan fingerprint density at radius 2 is 2.11 bits per heavy atom. The fraction of sp³-hybridized carbons (Fsp3) is 0.538. The van der Waals surface area contributed by atoms with Crippen LogP contribution in [0.3, 0.4) is 0 Å². The minimum atomic E-state index is 0.325. The lowest BCUT2D eigenvalue weighted by atomic mass is 10.1. The number of nitrogens with zero attached hydrogens (tertiary/aromatic N) is 2. The van der Waals surface area contributed by atoms with E-state index < -0.39 is 0 Å². The van der Waals surface area contributed by atoms with Crippen molar-refractivity contribution < 1.29 is 4.74 Å². The molecular weight excluding hydrogens is 246 g/mol. The van der Waals surface area contributed by atoms with Crippen LogP contribution < -0.4 is 4.74 Å². The van der Waals surface area contributed by atoms with Gasteiger partial charge in [0.25, 0.3) is 0 Å². The lowest BCUT2D eigenvalue weighted by Gasteiger charge is -2.16. The largest absolute Gasteiger partial charge is 0.481 e. The highest BCUT2D eigenvalue weighted by molar-refractivity contribution is 7.71. The first-order valence-corrected chi connectivity index (χ1v) is 6.59. The maximum atomic E-state index is 5.39. The number of pyridine rings is 1. The third kappa shape index (κ3) is 2.41. The molecule has 2 aromatic rings. The molecule has 0 aliphatic heterocycles. The molecule has 2 heterocycles. The molecule has 18 heavy (non-hydrogen) atoms. The van der Waals surface area contributed by atoms with Crippen molar-refractivity contribution >= 4 is 23.4 Å². The van der Waals surface area contributed by atoms with Crippen LogP contribution in [-0.2, 0) is 0 Å². The number of ether oxygens (including phenoxy) is 1. The van der Waals surface area contributed by atoms with Gasteiger partial charge in [-0.15, -0.1) is 0 Å². The summed E-state index contributed by atoms with van der Waals surface area (Å²) in [5.41, 5.74) is 1.82. The van der Waals surface area contributed by atoms with Gasteiger partial charge in [0, 0.05) is 12.1 Å². The molecule has 2 rings (SSSR count). The smallest absolute Gasteiger partial charge is 0.215 e. The Hall–Kier alpha value is -1.36. The first-order chi connectivity index (χ1) is 8.52. The first kappa shape index (κ1) is 13.1. The zero-order chi connectivity index (χ0) is 13.3. The third-order valence-electron chi connectivity index (χ3n) is 3.00. The first-order valence-electron chi connectivity index (χ1n) is 6.18. The van der Waals surface area contributed by atoms with Crippen molar-refractivity contribution in [2.24, 2.45) is 5.92 Å². The molecular formula is C13H19N3OS. The van der Waals surface area contributed by atoms with Crippen LogP contribution in [-0.4, -0.2) is 21.6 Å². The molecule has 0 saturated carbocycles. The van der Waals surface area contributed by atoms with Gasteiger partial charge in [-0.25, -0.2) is 0 Å². The van der Waals surface area contributed by atoms with Crippen molar-refractivity contribution in [2.75, 3.05) is 7.11 Å². The van der Waals surface area contributed by atoms with Gasteiger partial charge in [0.2, 0.25) is 5.88 Å². The predicted molar refractivity (Wildman–Crippen MR) is 75.6 cm³/mol. The number of aromatic nitrogens is 3. The van der Waals surface area contributed by atoms with Crippen molar-refractivity contribution in [1.82, 2.24) is 14.5 Å². The van der Waals surface area contributed by atoms with Crippen LogP contribution in [0.25, 0.3) is 11.2 Å². The van der Waals surface area contributed by atoms with Crippen molar-refractivity contribution in [2.45, 2.75) is 33.2 Å². The van der Waals surface area contributed by atoms with E-state index in [1.807, 2.05) is 12.1 Å². The lowest BCUT2D eigenvalue weighted by Crippen LogP contribution is -2.09. The monoisotopic (exact) mass is 265 g/mol. The SMILES string of the molecule is COc1ccc2[nH]c(=S)n(C(C)CC(C)C)c2n1. The average Bonchev–Trinajstić information content (AvgIpc) is 2.62. The second-order valence-corrected chi connectivity index (χ2v) is 5.39. The number of H-pyrrole nitrogens is 1. The van der Waals surface area contributed by atoms with Gasteiger partial charge >= 0.3 is 0 Å². The molecule has 1 atom stereocenters. The van der Waals surface area contributed by atoms with E-state index in [4.69, 9.17) is 17.0 Å². The maximum Gasteiger partial charge on any atom is 0.215 e. The van der Waals surface area contributed by atoms with Crippen LogP contribution in [0.2, 0.25) is 0 Å². The fourth-order valence-electron chi connectivity index (χ4n) is 2.29. The van der Waals surface area contributed by atoms with Gasteiger partial charge in [-0.05, 0) is 37.5 Å². The molecule has 0 aromatic carbocycles.